The Balaban J connectivity index is 1.18. The van der Waals surface area contributed by atoms with Crippen LogP contribution >= 0.6 is 0 Å². The van der Waals surface area contributed by atoms with Gasteiger partial charge in [0.25, 0.3) is 5.91 Å². The van der Waals surface area contributed by atoms with E-state index in [2.05, 4.69) is 21.2 Å². The summed E-state index contributed by atoms with van der Waals surface area (Å²) >= 11 is 0. The lowest BCUT2D eigenvalue weighted by Gasteiger charge is -2.32. The van der Waals surface area contributed by atoms with Crippen LogP contribution in [-0.4, -0.2) is 63.4 Å². The number of aromatic nitrogens is 3. The normalized spacial score (nSPS) is 18.9. The Morgan fingerprint density at radius 2 is 1.97 bits per heavy atom. The van der Waals surface area contributed by atoms with Crippen LogP contribution in [0.1, 0.15) is 46.9 Å². The molecule has 0 saturated carbocycles. The van der Waals surface area contributed by atoms with Crippen molar-refractivity contribution in [2.75, 3.05) is 32.7 Å². The highest BCUT2D eigenvalue weighted by atomic mass is 16.5. The molecule has 2 aromatic heterocycles. The average Bonchev–Trinajstić information content (AvgIpc) is 3.30. The van der Waals surface area contributed by atoms with E-state index in [1.54, 1.807) is 4.68 Å². The van der Waals surface area contributed by atoms with Gasteiger partial charge in [-0.2, -0.15) is 5.10 Å². The summed E-state index contributed by atoms with van der Waals surface area (Å²) in [5.74, 6) is 0.535. The minimum atomic E-state index is 0.0852. The molecular formula is C22H27N5O2. The molecule has 0 atom stereocenters. The van der Waals surface area contributed by atoms with Gasteiger partial charge < -0.3 is 14.3 Å². The zero-order valence-electron chi connectivity index (χ0n) is 16.9. The second-order valence-corrected chi connectivity index (χ2v) is 8.25. The van der Waals surface area contributed by atoms with Gasteiger partial charge in [0, 0.05) is 49.7 Å². The summed E-state index contributed by atoms with van der Waals surface area (Å²) in [6, 6.07) is 8.11. The Morgan fingerprint density at radius 1 is 1.14 bits per heavy atom. The van der Waals surface area contributed by atoms with E-state index < -0.39 is 0 Å². The molecule has 3 aromatic rings. The van der Waals surface area contributed by atoms with Crippen molar-refractivity contribution < 1.29 is 9.32 Å². The molecule has 152 valence electrons. The van der Waals surface area contributed by atoms with Crippen molar-refractivity contribution >= 4 is 16.9 Å². The first-order valence-corrected chi connectivity index (χ1v) is 10.6. The van der Waals surface area contributed by atoms with Crippen molar-refractivity contribution in [3.63, 3.8) is 0 Å². The smallest absolute Gasteiger partial charge is 0.274 e. The van der Waals surface area contributed by atoms with Crippen LogP contribution in [0.2, 0.25) is 0 Å². The molecule has 1 aromatic carbocycles. The number of piperidine rings is 1. The summed E-state index contributed by atoms with van der Waals surface area (Å²) in [6.45, 7) is 4.57. The molecule has 4 heterocycles. The average molecular weight is 393 g/mol. The van der Waals surface area contributed by atoms with Gasteiger partial charge in [0.2, 0.25) is 0 Å². The second-order valence-electron chi connectivity index (χ2n) is 8.25. The van der Waals surface area contributed by atoms with Crippen LogP contribution in [0, 0.1) is 0 Å². The third-order valence-corrected chi connectivity index (χ3v) is 6.33. The fourth-order valence-electron chi connectivity index (χ4n) is 4.72. The number of para-hydroxylation sites is 1. The van der Waals surface area contributed by atoms with Crippen LogP contribution in [0.5, 0.6) is 0 Å². The van der Waals surface area contributed by atoms with Gasteiger partial charge in [0.05, 0.1) is 5.69 Å². The molecule has 7 heteroatoms. The van der Waals surface area contributed by atoms with Crippen molar-refractivity contribution in [3.05, 3.63) is 47.4 Å². The zero-order chi connectivity index (χ0) is 19.8. The number of hydrogen-bond donors (Lipinski definition) is 0. The number of carbonyl (C=O) groups is 1. The van der Waals surface area contributed by atoms with E-state index in [9.17, 15) is 4.79 Å². The van der Waals surface area contributed by atoms with E-state index in [4.69, 9.17) is 4.52 Å². The lowest BCUT2D eigenvalue weighted by atomic mass is 9.91. The van der Waals surface area contributed by atoms with Gasteiger partial charge in [-0.3, -0.25) is 9.48 Å². The predicted molar refractivity (Wildman–Crippen MR) is 110 cm³/mol. The van der Waals surface area contributed by atoms with E-state index in [1.165, 1.54) is 0 Å². The molecule has 1 fully saturated rings. The minimum absolute atomic E-state index is 0.0852. The predicted octanol–water partition coefficient (Wildman–Crippen LogP) is 2.83. The van der Waals surface area contributed by atoms with Gasteiger partial charge in [-0.1, -0.05) is 17.3 Å². The number of aryl methyl sites for hydroxylation is 2. The monoisotopic (exact) mass is 393 g/mol. The van der Waals surface area contributed by atoms with Crippen molar-refractivity contribution in [1.29, 1.82) is 0 Å². The Labute approximate surface area is 170 Å². The maximum absolute atomic E-state index is 12.9. The van der Waals surface area contributed by atoms with Crippen LogP contribution in [-0.2, 0) is 13.5 Å². The van der Waals surface area contributed by atoms with Gasteiger partial charge in [0.15, 0.2) is 11.3 Å². The highest BCUT2D eigenvalue weighted by Crippen LogP contribution is 2.32. The molecule has 0 radical (unpaired) electrons. The number of carbonyl (C=O) groups excluding carboxylic acids is 1. The second kappa shape index (κ2) is 7.63. The molecule has 2 aliphatic heterocycles. The first kappa shape index (κ1) is 18.4. The summed E-state index contributed by atoms with van der Waals surface area (Å²) in [6.07, 6.45) is 6.08. The molecular weight excluding hydrogens is 366 g/mol. The fraction of sp³-hybridized carbons (Fsp3) is 0.500. The van der Waals surface area contributed by atoms with E-state index in [1.807, 2.05) is 36.3 Å². The topological polar surface area (TPSA) is 67.4 Å². The molecule has 0 spiro atoms. The van der Waals surface area contributed by atoms with Gasteiger partial charge >= 0.3 is 0 Å². The molecule has 29 heavy (non-hydrogen) atoms. The highest BCUT2D eigenvalue weighted by Gasteiger charge is 2.28. The van der Waals surface area contributed by atoms with Gasteiger partial charge in [-0.05, 0) is 50.9 Å². The SMILES string of the molecule is Cn1cc2c(n1)C(=O)N(CCN1CCC(c3noc4ccccc34)CC1)CCC2. The molecule has 2 aliphatic rings. The largest absolute Gasteiger partial charge is 0.356 e. The van der Waals surface area contributed by atoms with Crippen LogP contribution in [0.4, 0.5) is 0 Å². The number of rotatable bonds is 4. The van der Waals surface area contributed by atoms with Crippen molar-refractivity contribution in [3.8, 4) is 0 Å². The van der Waals surface area contributed by atoms with E-state index in [0.717, 1.165) is 80.6 Å². The van der Waals surface area contributed by atoms with E-state index in [0.29, 0.717) is 11.6 Å². The van der Waals surface area contributed by atoms with Crippen LogP contribution in [0.3, 0.4) is 0 Å². The maximum atomic E-state index is 12.9. The quantitative estimate of drug-likeness (QED) is 0.682. The molecule has 1 amide bonds. The Hall–Kier alpha value is -2.67. The summed E-state index contributed by atoms with van der Waals surface area (Å²) in [5.41, 5.74) is 3.70. The van der Waals surface area contributed by atoms with Crippen molar-refractivity contribution in [2.45, 2.75) is 31.6 Å². The lowest BCUT2D eigenvalue weighted by molar-refractivity contribution is 0.0725. The molecule has 5 rings (SSSR count). The van der Waals surface area contributed by atoms with Gasteiger partial charge in [-0.15, -0.1) is 0 Å². The van der Waals surface area contributed by atoms with Crippen molar-refractivity contribution in [2.24, 2.45) is 7.05 Å². The standard InChI is InChI=1S/C22H27N5O2/c1-25-15-17-5-4-10-27(22(28)21(17)23-25)14-13-26-11-8-16(9-12-26)20-18-6-2-3-7-19(18)29-24-20/h2-3,6-7,15-16H,4-5,8-14H2,1H3. The number of hydrogen-bond acceptors (Lipinski definition) is 5. The fourth-order valence-corrected chi connectivity index (χ4v) is 4.72. The van der Waals surface area contributed by atoms with Crippen LogP contribution in [0.25, 0.3) is 11.0 Å². The highest BCUT2D eigenvalue weighted by molar-refractivity contribution is 5.94. The third kappa shape index (κ3) is 3.55. The van der Waals surface area contributed by atoms with Crippen molar-refractivity contribution in [1.82, 2.24) is 24.7 Å². The molecule has 0 aliphatic carbocycles. The van der Waals surface area contributed by atoms with Gasteiger partial charge in [-0.25, -0.2) is 0 Å². The number of amides is 1. The van der Waals surface area contributed by atoms with Crippen LogP contribution in [0.15, 0.2) is 35.0 Å². The number of fused-ring (bicyclic) bond motifs is 2. The number of benzene rings is 1. The number of likely N-dealkylation sites (tertiary alicyclic amines) is 1. The summed E-state index contributed by atoms with van der Waals surface area (Å²) in [7, 11) is 1.88. The maximum Gasteiger partial charge on any atom is 0.274 e. The Bertz CT molecular complexity index is 1020. The first-order chi connectivity index (χ1) is 14.2. The molecule has 1 saturated heterocycles. The van der Waals surface area contributed by atoms with E-state index in [-0.39, 0.29) is 5.91 Å². The summed E-state index contributed by atoms with van der Waals surface area (Å²) in [5, 5.41) is 9.89. The number of nitrogens with zero attached hydrogens (tertiary/aromatic N) is 5. The first-order valence-electron chi connectivity index (χ1n) is 10.6. The van der Waals surface area contributed by atoms with Gasteiger partial charge in [0.1, 0.15) is 0 Å². The molecule has 0 bridgehead atoms. The Morgan fingerprint density at radius 3 is 2.83 bits per heavy atom. The summed E-state index contributed by atoms with van der Waals surface area (Å²) < 4.78 is 7.25. The molecule has 0 unspecified atom stereocenters. The van der Waals surface area contributed by atoms with E-state index >= 15 is 0 Å². The third-order valence-electron chi connectivity index (χ3n) is 6.33. The minimum Gasteiger partial charge on any atom is -0.356 e. The zero-order valence-corrected chi connectivity index (χ0v) is 16.9. The molecule has 0 N–H and O–H groups in total. The Kier molecular flexibility index (Phi) is 4.83. The summed E-state index contributed by atoms with van der Waals surface area (Å²) in [4.78, 5) is 17.3. The lowest BCUT2D eigenvalue weighted by Crippen LogP contribution is -2.41. The molecule has 7 nitrogen and oxygen atoms in total. The van der Waals surface area contributed by atoms with Crippen LogP contribution < -0.4 is 0 Å².